The molecule has 0 aliphatic heterocycles. The molecule has 162 valence electrons. The third-order valence-electron chi connectivity index (χ3n) is 4.83. The Hall–Kier alpha value is -4.26. The number of nitrogens with zero attached hydrogens (tertiary/aromatic N) is 2. The molecule has 0 atom stereocenters. The van der Waals surface area contributed by atoms with Gasteiger partial charge in [-0.2, -0.15) is 0 Å². The fourth-order valence-corrected chi connectivity index (χ4v) is 3.16. The summed E-state index contributed by atoms with van der Waals surface area (Å²) in [6.07, 6.45) is 3.06. The van der Waals surface area contributed by atoms with Gasteiger partial charge in [0, 0.05) is 24.3 Å². The molecule has 3 aromatic rings. The van der Waals surface area contributed by atoms with Crippen LogP contribution in [0.3, 0.4) is 0 Å². The second-order valence-corrected chi connectivity index (χ2v) is 7.01. The van der Waals surface area contributed by atoms with Gasteiger partial charge in [-0.25, -0.2) is 4.79 Å². The topological polar surface area (TPSA) is 89.8 Å². The maximum atomic E-state index is 13.0. The minimum Gasteiger partial charge on any atom is -0.465 e. The van der Waals surface area contributed by atoms with Crippen molar-refractivity contribution >= 4 is 23.6 Å². The zero-order valence-electron chi connectivity index (χ0n) is 17.5. The highest BCUT2D eigenvalue weighted by Crippen LogP contribution is 2.21. The molecule has 0 fully saturated rings. The van der Waals surface area contributed by atoms with Gasteiger partial charge < -0.3 is 9.64 Å². The van der Waals surface area contributed by atoms with E-state index in [0.29, 0.717) is 17.7 Å². The number of hydrogen-bond donors (Lipinski definition) is 0. The maximum Gasteiger partial charge on any atom is 0.337 e. The van der Waals surface area contributed by atoms with Crippen molar-refractivity contribution in [2.24, 2.45) is 0 Å². The van der Waals surface area contributed by atoms with E-state index in [1.54, 1.807) is 53.4 Å². The summed E-state index contributed by atoms with van der Waals surface area (Å²) in [6, 6.07) is 22.5. The molecule has 0 aliphatic rings. The molecule has 0 aliphatic carbocycles. The monoisotopic (exact) mass is 430 g/mol. The molecule has 0 saturated carbocycles. The average molecular weight is 430 g/mol. The number of benzene rings is 3. The smallest absolute Gasteiger partial charge is 0.337 e. The van der Waals surface area contributed by atoms with Gasteiger partial charge in [0.2, 0.25) is 5.91 Å². The van der Waals surface area contributed by atoms with Crippen LogP contribution in [0.5, 0.6) is 0 Å². The minimum atomic E-state index is -0.445. The molecular formula is C25H22N2O5. The Morgan fingerprint density at radius 2 is 1.59 bits per heavy atom. The second kappa shape index (κ2) is 10.7. The zero-order chi connectivity index (χ0) is 22.9. The predicted octanol–water partition coefficient (Wildman–Crippen LogP) is 4.62. The van der Waals surface area contributed by atoms with Gasteiger partial charge >= 0.3 is 5.97 Å². The van der Waals surface area contributed by atoms with Gasteiger partial charge in [-0.05, 0) is 29.3 Å². The molecule has 0 N–H and O–H groups in total. The summed E-state index contributed by atoms with van der Waals surface area (Å²) in [4.78, 5) is 37.1. The lowest BCUT2D eigenvalue weighted by Crippen LogP contribution is -2.28. The SMILES string of the molecule is COC(=O)c1ccc(/C=C/C(=O)N(Cc2ccccc2)Cc2ccccc2[N+](=O)[O-])cc1. The summed E-state index contributed by atoms with van der Waals surface area (Å²) in [5, 5.41) is 11.4. The molecule has 0 heterocycles. The normalized spacial score (nSPS) is 10.7. The Bertz CT molecular complexity index is 1120. The first-order valence-corrected chi connectivity index (χ1v) is 9.89. The summed E-state index contributed by atoms with van der Waals surface area (Å²) in [6.45, 7) is 0.397. The summed E-state index contributed by atoms with van der Waals surface area (Å²) >= 11 is 0. The van der Waals surface area contributed by atoms with E-state index in [2.05, 4.69) is 4.74 Å². The summed E-state index contributed by atoms with van der Waals surface area (Å²) in [7, 11) is 1.31. The maximum absolute atomic E-state index is 13.0. The Kier molecular flexibility index (Phi) is 7.48. The van der Waals surface area contributed by atoms with Crippen molar-refractivity contribution in [2.45, 2.75) is 13.1 Å². The molecule has 3 aromatic carbocycles. The third kappa shape index (κ3) is 5.89. The number of ether oxygens (including phenoxy) is 1. The van der Waals surface area contributed by atoms with Crippen molar-refractivity contribution in [2.75, 3.05) is 7.11 Å². The number of para-hydroxylation sites is 1. The van der Waals surface area contributed by atoms with Crippen LogP contribution in [0.2, 0.25) is 0 Å². The lowest BCUT2D eigenvalue weighted by molar-refractivity contribution is -0.385. The summed E-state index contributed by atoms with van der Waals surface area (Å²) in [5.74, 6) is -0.723. The zero-order valence-corrected chi connectivity index (χ0v) is 17.5. The fourth-order valence-electron chi connectivity index (χ4n) is 3.16. The van der Waals surface area contributed by atoms with Crippen LogP contribution in [0, 0.1) is 10.1 Å². The molecule has 7 heteroatoms. The standard InChI is InChI=1S/C25H22N2O5/c1-32-25(29)21-14-11-19(12-15-21)13-16-24(28)26(17-20-7-3-2-4-8-20)18-22-9-5-6-10-23(22)27(30)31/h2-16H,17-18H2,1H3/b16-13+. The highest BCUT2D eigenvalue weighted by molar-refractivity contribution is 5.92. The Balaban J connectivity index is 1.82. The van der Waals surface area contributed by atoms with Crippen LogP contribution in [0.4, 0.5) is 5.69 Å². The number of nitro benzene ring substituents is 1. The fraction of sp³-hybridized carbons (Fsp3) is 0.120. The van der Waals surface area contributed by atoms with Gasteiger partial charge in [-0.1, -0.05) is 60.7 Å². The predicted molar refractivity (Wildman–Crippen MR) is 121 cm³/mol. The molecule has 7 nitrogen and oxygen atoms in total. The first-order chi connectivity index (χ1) is 15.5. The number of amides is 1. The number of esters is 1. The quantitative estimate of drug-likeness (QED) is 0.225. The minimum absolute atomic E-state index is 0.0271. The van der Waals surface area contributed by atoms with Crippen molar-refractivity contribution in [1.29, 1.82) is 0 Å². The first kappa shape index (κ1) is 22.4. The Morgan fingerprint density at radius 3 is 2.25 bits per heavy atom. The molecule has 0 spiro atoms. The van der Waals surface area contributed by atoms with E-state index in [1.165, 1.54) is 19.3 Å². The molecule has 0 radical (unpaired) electrons. The molecular weight excluding hydrogens is 408 g/mol. The van der Waals surface area contributed by atoms with Gasteiger partial charge in [0.1, 0.15) is 0 Å². The van der Waals surface area contributed by atoms with E-state index < -0.39 is 10.9 Å². The molecule has 0 bridgehead atoms. The van der Waals surface area contributed by atoms with Crippen LogP contribution in [0.15, 0.2) is 84.9 Å². The number of rotatable bonds is 8. The van der Waals surface area contributed by atoms with Crippen molar-refractivity contribution in [3.63, 3.8) is 0 Å². The summed E-state index contributed by atoms with van der Waals surface area (Å²) in [5.41, 5.74) is 2.49. The molecule has 0 saturated heterocycles. The van der Waals surface area contributed by atoms with Crippen LogP contribution >= 0.6 is 0 Å². The largest absolute Gasteiger partial charge is 0.465 e. The van der Waals surface area contributed by atoms with E-state index in [-0.39, 0.29) is 18.1 Å². The van der Waals surface area contributed by atoms with Crippen LogP contribution < -0.4 is 0 Å². The van der Waals surface area contributed by atoms with Crippen LogP contribution in [-0.2, 0) is 22.6 Å². The summed E-state index contributed by atoms with van der Waals surface area (Å²) < 4.78 is 4.68. The molecule has 3 rings (SSSR count). The Morgan fingerprint density at radius 1 is 0.938 bits per heavy atom. The molecule has 1 amide bonds. The van der Waals surface area contributed by atoms with Crippen LogP contribution in [0.1, 0.15) is 27.0 Å². The van der Waals surface area contributed by atoms with E-state index in [9.17, 15) is 19.7 Å². The number of carbonyl (C=O) groups is 2. The third-order valence-corrected chi connectivity index (χ3v) is 4.83. The van der Waals surface area contributed by atoms with Gasteiger partial charge in [-0.3, -0.25) is 14.9 Å². The number of methoxy groups -OCH3 is 1. The van der Waals surface area contributed by atoms with Crippen molar-refractivity contribution in [3.8, 4) is 0 Å². The highest BCUT2D eigenvalue weighted by atomic mass is 16.6. The van der Waals surface area contributed by atoms with Gasteiger partial charge in [0.15, 0.2) is 0 Å². The van der Waals surface area contributed by atoms with E-state index in [1.807, 2.05) is 30.3 Å². The Labute approximate surface area is 185 Å². The van der Waals surface area contributed by atoms with Gasteiger partial charge in [-0.15, -0.1) is 0 Å². The molecule has 0 aromatic heterocycles. The van der Waals surface area contributed by atoms with Crippen LogP contribution in [-0.4, -0.2) is 28.8 Å². The number of nitro groups is 1. The van der Waals surface area contributed by atoms with Crippen molar-refractivity contribution < 1.29 is 19.2 Å². The molecule has 0 unspecified atom stereocenters. The van der Waals surface area contributed by atoms with Gasteiger partial charge in [0.05, 0.1) is 24.1 Å². The van der Waals surface area contributed by atoms with E-state index in [4.69, 9.17) is 0 Å². The first-order valence-electron chi connectivity index (χ1n) is 9.89. The highest BCUT2D eigenvalue weighted by Gasteiger charge is 2.18. The number of hydrogen-bond acceptors (Lipinski definition) is 5. The van der Waals surface area contributed by atoms with E-state index in [0.717, 1.165) is 11.1 Å². The van der Waals surface area contributed by atoms with Crippen molar-refractivity contribution in [1.82, 2.24) is 4.90 Å². The second-order valence-electron chi connectivity index (χ2n) is 7.01. The lowest BCUT2D eigenvalue weighted by Gasteiger charge is -2.21. The average Bonchev–Trinajstić information content (AvgIpc) is 2.82. The molecule has 32 heavy (non-hydrogen) atoms. The van der Waals surface area contributed by atoms with E-state index >= 15 is 0 Å². The van der Waals surface area contributed by atoms with Crippen molar-refractivity contribution in [3.05, 3.63) is 117 Å². The number of carbonyl (C=O) groups excluding carboxylic acids is 2. The van der Waals surface area contributed by atoms with Crippen LogP contribution in [0.25, 0.3) is 6.08 Å². The van der Waals surface area contributed by atoms with Gasteiger partial charge in [0.25, 0.3) is 5.69 Å². The lowest BCUT2D eigenvalue weighted by atomic mass is 10.1.